The number of hydrogen-bond acceptors (Lipinski definition) is 3. The highest BCUT2D eigenvalue weighted by Crippen LogP contribution is 2.21. The van der Waals surface area contributed by atoms with Gasteiger partial charge >= 0.3 is 0 Å². The number of amides is 1. The Hall–Kier alpha value is -2.40. The summed E-state index contributed by atoms with van der Waals surface area (Å²) in [6, 6.07) is 7.48. The number of hydrogen-bond donors (Lipinski definition) is 1. The maximum Gasteiger partial charge on any atom is 0.224 e. The quantitative estimate of drug-likeness (QED) is 0.762. The second-order valence-electron chi connectivity index (χ2n) is 6.33. The van der Waals surface area contributed by atoms with Gasteiger partial charge in [-0.1, -0.05) is 17.7 Å². The first kappa shape index (κ1) is 17.4. The summed E-state index contributed by atoms with van der Waals surface area (Å²) in [5, 5.41) is 8.01. The number of fused-ring (bicyclic) bond motifs is 1. The third-order valence-corrected chi connectivity index (χ3v) is 4.75. The van der Waals surface area contributed by atoms with E-state index < -0.39 is 0 Å². The summed E-state index contributed by atoms with van der Waals surface area (Å²) in [6.07, 6.45) is 0.992. The Morgan fingerprint density at radius 2 is 1.96 bits per heavy atom. The van der Waals surface area contributed by atoms with E-state index in [1.807, 2.05) is 50.4 Å². The monoisotopic (exact) mass is 356 g/mol. The fourth-order valence-corrected chi connectivity index (χ4v) is 3.12. The molecule has 0 saturated heterocycles. The van der Waals surface area contributed by atoms with Crippen LogP contribution in [0.15, 0.2) is 24.3 Å². The zero-order chi connectivity index (χ0) is 18.1. The molecule has 0 aliphatic carbocycles. The van der Waals surface area contributed by atoms with E-state index in [0.29, 0.717) is 23.6 Å². The molecule has 0 bridgehead atoms. The summed E-state index contributed by atoms with van der Waals surface area (Å²) in [5.41, 5.74) is 6.51. The summed E-state index contributed by atoms with van der Waals surface area (Å²) < 4.78 is 1.84. The van der Waals surface area contributed by atoms with Crippen molar-refractivity contribution < 1.29 is 4.79 Å². The zero-order valence-electron chi connectivity index (χ0n) is 14.9. The molecule has 0 saturated carbocycles. The summed E-state index contributed by atoms with van der Waals surface area (Å²) in [4.78, 5) is 16.9. The molecule has 3 rings (SSSR count). The first-order valence-electron chi connectivity index (χ1n) is 8.23. The summed E-state index contributed by atoms with van der Waals surface area (Å²) in [5.74, 6) is -0.0459. The SMILES string of the molecule is Cc1cc2nc(C)c(CCC(=O)Nc3ccc(C)c(Cl)c3)c(C)n2n1. The van der Waals surface area contributed by atoms with Crippen LogP contribution in [0.3, 0.4) is 0 Å². The van der Waals surface area contributed by atoms with E-state index >= 15 is 0 Å². The van der Waals surface area contributed by atoms with E-state index in [-0.39, 0.29) is 5.91 Å². The van der Waals surface area contributed by atoms with Crippen molar-refractivity contribution in [3.05, 3.63) is 57.5 Å². The minimum absolute atomic E-state index is 0.0459. The van der Waals surface area contributed by atoms with Crippen molar-refractivity contribution in [3.63, 3.8) is 0 Å². The number of nitrogens with one attached hydrogen (secondary N) is 1. The van der Waals surface area contributed by atoms with Crippen LogP contribution < -0.4 is 5.32 Å². The van der Waals surface area contributed by atoms with Gasteiger partial charge in [-0.3, -0.25) is 4.79 Å². The Balaban J connectivity index is 1.73. The number of aromatic nitrogens is 3. The molecule has 0 unspecified atom stereocenters. The number of carbonyl (C=O) groups excluding carboxylic acids is 1. The van der Waals surface area contributed by atoms with Gasteiger partial charge in [0.2, 0.25) is 5.91 Å². The lowest BCUT2D eigenvalue weighted by Gasteiger charge is -2.11. The Morgan fingerprint density at radius 1 is 1.20 bits per heavy atom. The van der Waals surface area contributed by atoms with Crippen molar-refractivity contribution >= 4 is 28.8 Å². The molecule has 0 radical (unpaired) electrons. The molecule has 0 aliphatic heterocycles. The van der Waals surface area contributed by atoms with Gasteiger partial charge in [0.25, 0.3) is 0 Å². The van der Waals surface area contributed by atoms with Crippen LogP contribution in [0.5, 0.6) is 0 Å². The topological polar surface area (TPSA) is 59.3 Å². The number of rotatable bonds is 4. The number of nitrogens with zero attached hydrogens (tertiary/aromatic N) is 3. The van der Waals surface area contributed by atoms with E-state index in [0.717, 1.165) is 33.9 Å². The highest BCUT2D eigenvalue weighted by molar-refractivity contribution is 6.31. The molecular formula is C19H21ClN4O. The van der Waals surface area contributed by atoms with Crippen LogP contribution >= 0.6 is 11.6 Å². The van der Waals surface area contributed by atoms with Crippen molar-refractivity contribution in [1.82, 2.24) is 14.6 Å². The molecule has 1 N–H and O–H groups in total. The van der Waals surface area contributed by atoms with Crippen LogP contribution in [-0.4, -0.2) is 20.5 Å². The van der Waals surface area contributed by atoms with Gasteiger partial charge in [0.15, 0.2) is 5.65 Å². The van der Waals surface area contributed by atoms with Crippen LogP contribution in [0.25, 0.3) is 5.65 Å². The second-order valence-corrected chi connectivity index (χ2v) is 6.74. The molecule has 2 heterocycles. The smallest absolute Gasteiger partial charge is 0.224 e. The Kier molecular flexibility index (Phi) is 4.77. The van der Waals surface area contributed by atoms with E-state index in [9.17, 15) is 4.79 Å². The van der Waals surface area contributed by atoms with E-state index in [1.54, 1.807) is 6.07 Å². The molecular weight excluding hydrogens is 336 g/mol. The number of halogens is 1. The number of aryl methyl sites for hydroxylation is 4. The Morgan fingerprint density at radius 3 is 2.68 bits per heavy atom. The van der Waals surface area contributed by atoms with Crippen LogP contribution in [0.4, 0.5) is 5.69 Å². The average molecular weight is 357 g/mol. The summed E-state index contributed by atoms with van der Waals surface area (Å²) >= 11 is 6.10. The fourth-order valence-electron chi connectivity index (χ4n) is 2.94. The third-order valence-electron chi connectivity index (χ3n) is 4.34. The van der Waals surface area contributed by atoms with Gasteiger partial charge in [-0.25, -0.2) is 9.50 Å². The van der Waals surface area contributed by atoms with Crippen LogP contribution in [-0.2, 0) is 11.2 Å². The third kappa shape index (κ3) is 3.66. The van der Waals surface area contributed by atoms with Crippen molar-refractivity contribution in [3.8, 4) is 0 Å². The molecule has 5 nitrogen and oxygen atoms in total. The largest absolute Gasteiger partial charge is 0.326 e. The Bertz CT molecular complexity index is 962. The van der Waals surface area contributed by atoms with E-state index in [2.05, 4.69) is 15.4 Å². The summed E-state index contributed by atoms with van der Waals surface area (Å²) in [7, 11) is 0. The molecule has 0 spiro atoms. The second kappa shape index (κ2) is 6.84. The lowest BCUT2D eigenvalue weighted by molar-refractivity contribution is -0.116. The van der Waals surface area contributed by atoms with Crippen LogP contribution in [0.1, 0.15) is 34.6 Å². The van der Waals surface area contributed by atoms with Gasteiger partial charge in [0, 0.05) is 34.6 Å². The molecule has 1 amide bonds. The van der Waals surface area contributed by atoms with Gasteiger partial charge in [-0.05, 0) is 57.4 Å². The zero-order valence-corrected chi connectivity index (χ0v) is 15.6. The van der Waals surface area contributed by atoms with Gasteiger partial charge in [0.1, 0.15) is 0 Å². The first-order valence-corrected chi connectivity index (χ1v) is 8.61. The van der Waals surface area contributed by atoms with Gasteiger partial charge in [-0.2, -0.15) is 5.10 Å². The lowest BCUT2D eigenvalue weighted by Crippen LogP contribution is -2.14. The van der Waals surface area contributed by atoms with Crippen molar-refractivity contribution in [2.24, 2.45) is 0 Å². The highest BCUT2D eigenvalue weighted by atomic mass is 35.5. The van der Waals surface area contributed by atoms with Gasteiger partial charge in [-0.15, -0.1) is 0 Å². The minimum atomic E-state index is -0.0459. The molecule has 6 heteroatoms. The predicted molar refractivity (Wildman–Crippen MR) is 100 cm³/mol. The van der Waals surface area contributed by atoms with Gasteiger partial charge < -0.3 is 5.32 Å². The first-order chi connectivity index (χ1) is 11.8. The van der Waals surface area contributed by atoms with Crippen LogP contribution in [0.2, 0.25) is 5.02 Å². The molecule has 0 fully saturated rings. The maximum atomic E-state index is 12.3. The molecule has 0 aliphatic rings. The molecule has 130 valence electrons. The summed E-state index contributed by atoms with van der Waals surface area (Å²) in [6.45, 7) is 7.87. The standard InChI is InChI=1S/C19H21ClN4O/c1-11-5-6-15(10-17(11)20)22-19(25)8-7-16-13(3)21-18-9-12(2)23-24(18)14(16)4/h5-6,9-10H,7-8H2,1-4H3,(H,22,25). The predicted octanol–water partition coefficient (Wildman–Crippen LogP) is 4.19. The number of benzene rings is 1. The Labute approximate surface area is 152 Å². The van der Waals surface area contributed by atoms with Crippen LogP contribution in [0, 0.1) is 27.7 Å². The van der Waals surface area contributed by atoms with Crippen molar-refractivity contribution in [1.29, 1.82) is 0 Å². The van der Waals surface area contributed by atoms with Crippen molar-refractivity contribution in [2.75, 3.05) is 5.32 Å². The van der Waals surface area contributed by atoms with E-state index in [4.69, 9.17) is 11.6 Å². The molecule has 3 aromatic rings. The maximum absolute atomic E-state index is 12.3. The highest BCUT2D eigenvalue weighted by Gasteiger charge is 2.13. The lowest BCUT2D eigenvalue weighted by atomic mass is 10.1. The number of carbonyl (C=O) groups is 1. The number of anilines is 1. The molecule has 25 heavy (non-hydrogen) atoms. The van der Waals surface area contributed by atoms with Gasteiger partial charge in [0.05, 0.1) is 5.69 Å². The fraction of sp³-hybridized carbons (Fsp3) is 0.316. The molecule has 1 aromatic carbocycles. The average Bonchev–Trinajstić information content (AvgIpc) is 2.91. The normalized spacial score (nSPS) is 11.1. The van der Waals surface area contributed by atoms with Crippen molar-refractivity contribution in [2.45, 2.75) is 40.5 Å². The van der Waals surface area contributed by atoms with E-state index in [1.165, 1.54) is 0 Å². The minimum Gasteiger partial charge on any atom is -0.326 e. The molecule has 2 aromatic heterocycles. The molecule has 0 atom stereocenters.